The molecular weight excluding hydrogens is 362 g/mol. The molecule has 0 saturated heterocycles. The lowest BCUT2D eigenvalue weighted by Crippen LogP contribution is -1.82. The van der Waals surface area contributed by atoms with Gasteiger partial charge in [0.15, 0.2) is 8.68 Å². The van der Waals surface area contributed by atoms with Gasteiger partial charge in [0.05, 0.1) is 5.69 Å². The summed E-state index contributed by atoms with van der Waals surface area (Å²) in [6.07, 6.45) is 2.01. The van der Waals surface area contributed by atoms with Crippen LogP contribution in [0.25, 0.3) is 10.6 Å². The van der Waals surface area contributed by atoms with Crippen molar-refractivity contribution in [2.75, 3.05) is 6.26 Å². The third kappa shape index (κ3) is 3.98. The van der Waals surface area contributed by atoms with Gasteiger partial charge in [-0.3, -0.25) is 0 Å². The van der Waals surface area contributed by atoms with Crippen molar-refractivity contribution < 1.29 is 0 Å². The first-order chi connectivity index (χ1) is 10.2. The highest BCUT2D eigenvalue weighted by atomic mass is 35.5. The van der Waals surface area contributed by atoms with Gasteiger partial charge in [-0.2, -0.15) is 0 Å². The molecule has 3 nitrogen and oxygen atoms in total. The van der Waals surface area contributed by atoms with Crippen molar-refractivity contribution in [1.29, 1.82) is 0 Å². The van der Waals surface area contributed by atoms with Gasteiger partial charge >= 0.3 is 0 Å². The van der Waals surface area contributed by atoms with Gasteiger partial charge in [0, 0.05) is 21.7 Å². The maximum Gasteiger partial charge on any atom is 0.175 e. The molecular formula is C13H10ClN3S4. The molecule has 1 aromatic carbocycles. The van der Waals surface area contributed by atoms with Crippen LogP contribution in [0.1, 0.15) is 5.69 Å². The van der Waals surface area contributed by atoms with Crippen LogP contribution in [0.2, 0.25) is 5.02 Å². The van der Waals surface area contributed by atoms with Crippen LogP contribution < -0.4 is 0 Å². The van der Waals surface area contributed by atoms with E-state index < -0.39 is 0 Å². The Balaban J connectivity index is 1.66. The van der Waals surface area contributed by atoms with Gasteiger partial charge in [0.2, 0.25) is 0 Å². The molecule has 21 heavy (non-hydrogen) atoms. The lowest BCUT2D eigenvalue weighted by Gasteiger charge is -1.96. The topological polar surface area (TPSA) is 38.7 Å². The Bertz CT molecular complexity index is 723. The summed E-state index contributed by atoms with van der Waals surface area (Å²) in [5.74, 6) is 0.813. The highest BCUT2D eigenvalue weighted by molar-refractivity contribution is 8.02. The van der Waals surface area contributed by atoms with Gasteiger partial charge in [0.1, 0.15) is 5.01 Å². The Labute approximate surface area is 144 Å². The summed E-state index contributed by atoms with van der Waals surface area (Å²) in [4.78, 5) is 4.66. The standard InChI is InChI=1S/C13H10ClN3S4/c1-18-12-16-17-13(21-12)20-7-10-6-19-11(15-10)8-2-4-9(14)5-3-8/h2-6H,7H2,1H3. The average Bonchev–Trinajstić information content (AvgIpc) is 3.15. The fourth-order valence-electron chi connectivity index (χ4n) is 1.57. The number of nitrogens with zero attached hydrogens (tertiary/aromatic N) is 3. The van der Waals surface area contributed by atoms with Gasteiger partial charge in [-0.1, -0.05) is 58.6 Å². The largest absolute Gasteiger partial charge is 0.240 e. The minimum atomic E-state index is 0.743. The fourth-order valence-corrected chi connectivity index (χ4v) is 4.96. The zero-order chi connectivity index (χ0) is 14.7. The van der Waals surface area contributed by atoms with E-state index in [2.05, 4.69) is 20.6 Å². The van der Waals surface area contributed by atoms with Crippen LogP contribution in [0.4, 0.5) is 0 Å². The smallest absolute Gasteiger partial charge is 0.175 e. The van der Waals surface area contributed by atoms with Gasteiger partial charge in [0.25, 0.3) is 0 Å². The molecule has 108 valence electrons. The summed E-state index contributed by atoms with van der Waals surface area (Å²) in [7, 11) is 0. The minimum Gasteiger partial charge on any atom is -0.240 e. The Morgan fingerprint density at radius 3 is 2.62 bits per heavy atom. The molecule has 0 spiro atoms. The molecule has 0 amide bonds. The van der Waals surface area contributed by atoms with Crippen molar-refractivity contribution in [3.63, 3.8) is 0 Å². The molecule has 0 aliphatic carbocycles. The van der Waals surface area contributed by atoms with E-state index in [1.807, 2.05) is 30.5 Å². The first kappa shape index (κ1) is 15.3. The molecule has 2 aromatic heterocycles. The molecule has 2 heterocycles. The Hall–Kier alpha value is -0.600. The van der Waals surface area contributed by atoms with Crippen molar-refractivity contribution in [2.24, 2.45) is 0 Å². The van der Waals surface area contributed by atoms with Crippen LogP contribution in [0, 0.1) is 0 Å². The molecule has 3 aromatic rings. The third-order valence-electron chi connectivity index (χ3n) is 2.55. The van der Waals surface area contributed by atoms with Gasteiger partial charge < -0.3 is 0 Å². The molecule has 0 bridgehead atoms. The number of thiazole rings is 1. The Kier molecular flexibility index (Phi) is 5.18. The predicted octanol–water partition coefficient (Wildman–Crippen LogP) is 5.33. The van der Waals surface area contributed by atoms with Crippen LogP contribution in [0.15, 0.2) is 38.3 Å². The molecule has 0 saturated carbocycles. The van der Waals surface area contributed by atoms with Crippen LogP contribution >= 0.6 is 57.8 Å². The van der Waals surface area contributed by atoms with Gasteiger partial charge in [-0.05, 0) is 18.4 Å². The second kappa shape index (κ2) is 7.11. The molecule has 0 N–H and O–H groups in total. The van der Waals surface area contributed by atoms with E-state index in [9.17, 15) is 0 Å². The zero-order valence-electron chi connectivity index (χ0n) is 10.9. The van der Waals surface area contributed by atoms with Gasteiger partial charge in [-0.15, -0.1) is 21.5 Å². The SMILES string of the molecule is CSc1nnc(SCc2csc(-c3ccc(Cl)cc3)n2)s1. The normalized spacial score (nSPS) is 11.0. The number of rotatable bonds is 5. The predicted molar refractivity (Wildman–Crippen MR) is 93.8 cm³/mol. The van der Waals surface area contributed by atoms with Crippen molar-refractivity contribution in [2.45, 2.75) is 14.4 Å². The molecule has 0 aliphatic rings. The molecule has 3 rings (SSSR count). The van der Waals surface area contributed by atoms with Crippen molar-refractivity contribution in [3.8, 4) is 10.6 Å². The number of hydrogen-bond acceptors (Lipinski definition) is 7. The monoisotopic (exact) mass is 371 g/mol. The molecule has 8 heteroatoms. The first-order valence-electron chi connectivity index (χ1n) is 5.95. The Morgan fingerprint density at radius 2 is 1.90 bits per heavy atom. The second-order valence-corrected chi connectivity index (χ2v) is 8.53. The molecule has 0 unspecified atom stereocenters. The highest BCUT2D eigenvalue weighted by Crippen LogP contribution is 2.31. The summed E-state index contributed by atoms with van der Waals surface area (Å²) >= 11 is 12.5. The quantitative estimate of drug-likeness (QED) is 0.567. The minimum absolute atomic E-state index is 0.743. The number of thioether (sulfide) groups is 2. The maximum atomic E-state index is 5.90. The van der Waals surface area contributed by atoms with Crippen molar-refractivity contribution in [1.82, 2.24) is 15.2 Å². The first-order valence-corrected chi connectivity index (χ1v) is 10.2. The summed E-state index contributed by atoms with van der Waals surface area (Å²) in [5.41, 5.74) is 2.16. The number of halogens is 1. The zero-order valence-corrected chi connectivity index (χ0v) is 15.0. The fraction of sp³-hybridized carbons (Fsp3) is 0.154. The van der Waals surface area contributed by atoms with E-state index in [-0.39, 0.29) is 0 Å². The summed E-state index contributed by atoms with van der Waals surface area (Å²) < 4.78 is 1.98. The third-order valence-corrected chi connectivity index (χ3v) is 6.81. The molecule has 0 radical (unpaired) electrons. The number of benzene rings is 1. The van der Waals surface area contributed by atoms with E-state index in [0.29, 0.717) is 0 Å². The summed E-state index contributed by atoms with van der Waals surface area (Å²) in [6, 6.07) is 7.76. The van der Waals surface area contributed by atoms with Crippen molar-refractivity contribution in [3.05, 3.63) is 40.4 Å². The second-order valence-electron chi connectivity index (χ2n) is 3.98. The Morgan fingerprint density at radius 1 is 1.14 bits per heavy atom. The number of hydrogen-bond donors (Lipinski definition) is 0. The van der Waals surface area contributed by atoms with E-state index in [4.69, 9.17) is 11.6 Å². The van der Waals surface area contributed by atoms with E-state index >= 15 is 0 Å². The van der Waals surface area contributed by atoms with Crippen molar-refractivity contribution >= 4 is 57.8 Å². The lowest BCUT2D eigenvalue weighted by atomic mass is 10.2. The molecule has 0 aliphatic heterocycles. The van der Waals surface area contributed by atoms with Crippen LogP contribution in [-0.2, 0) is 5.75 Å². The van der Waals surface area contributed by atoms with E-state index in [1.54, 1.807) is 46.2 Å². The van der Waals surface area contributed by atoms with Gasteiger partial charge in [-0.25, -0.2) is 4.98 Å². The van der Waals surface area contributed by atoms with Crippen LogP contribution in [0.5, 0.6) is 0 Å². The summed E-state index contributed by atoms with van der Waals surface area (Å²) in [5, 5.41) is 12.1. The molecule has 0 atom stereocenters. The highest BCUT2D eigenvalue weighted by Gasteiger charge is 2.08. The lowest BCUT2D eigenvalue weighted by molar-refractivity contribution is 0.955. The van der Waals surface area contributed by atoms with Crippen LogP contribution in [-0.4, -0.2) is 21.4 Å². The number of aromatic nitrogens is 3. The van der Waals surface area contributed by atoms with E-state index in [1.165, 1.54) is 0 Å². The van der Waals surface area contributed by atoms with E-state index in [0.717, 1.165) is 35.7 Å². The maximum absolute atomic E-state index is 5.90. The average molecular weight is 372 g/mol. The summed E-state index contributed by atoms with van der Waals surface area (Å²) in [6.45, 7) is 0. The molecule has 0 fully saturated rings. The van der Waals surface area contributed by atoms with Crippen LogP contribution in [0.3, 0.4) is 0 Å².